The molecule has 1 N–H and O–H groups in total. The molecule has 0 spiro atoms. The van der Waals surface area contributed by atoms with Crippen LogP contribution in [0.1, 0.15) is 20.3 Å². The van der Waals surface area contributed by atoms with Crippen LogP contribution in [0.15, 0.2) is 18.6 Å². The molecule has 1 unspecified atom stereocenters. The summed E-state index contributed by atoms with van der Waals surface area (Å²) in [7, 11) is 0. The Hall–Kier alpha value is -1.65. The number of carbonyl (C=O) groups is 1. The van der Waals surface area contributed by atoms with Crippen molar-refractivity contribution in [3.8, 4) is 0 Å². The van der Waals surface area contributed by atoms with Gasteiger partial charge in [0.2, 0.25) is 0 Å². The fourth-order valence-corrected chi connectivity index (χ4v) is 1.27. The molecule has 15 heavy (non-hydrogen) atoms. The van der Waals surface area contributed by atoms with Crippen LogP contribution in [0.25, 0.3) is 0 Å². The normalized spacial score (nSPS) is 12.1. The quantitative estimate of drug-likeness (QED) is 0.788. The van der Waals surface area contributed by atoms with E-state index < -0.39 is 5.97 Å². The van der Waals surface area contributed by atoms with E-state index in [1.165, 1.54) is 0 Å². The van der Waals surface area contributed by atoms with Crippen molar-refractivity contribution in [2.24, 2.45) is 0 Å². The Bertz CT molecular complexity index is 316. The summed E-state index contributed by atoms with van der Waals surface area (Å²) in [5.41, 5.74) is 0. The van der Waals surface area contributed by atoms with Gasteiger partial charge in [0.1, 0.15) is 12.4 Å². The first-order valence-electron chi connectivity index (χ1n) is 4.89. The number of nitrogens with zero attached hydrogens (tertiary/aromatic N) is 3. The molecule has 0 aliphatic heterocycles. The summed E-state index contributed by atoms with van der Waals surface area (Å²) in [5.74, 6) is -0.254. The topological polar surface area (TPSA) is 66.3 Å². The average Bonchev–Trinajstić information content (AvgIpc) is 2.26. The number of carboxylic acid groups (broad SMARTS) is 1. The van der Waals surface area contributed by atoms with E-state index in [2.05, 4.69) is 9.97 Å². The molecule has 0 bridgehead atoms. The Morgan fingerprint density at radius 2 is 2.33 bits per heavy atom. The molecular formula is C10H15N3O2. The molecule has 0 fully saturated rings. The second-order valence-electron chi connectivity index (χ2n) is 3.34. The molecule has 1 atom stereocenters. The molecule has 0 amide bonds. The molecule has 0 saturated carbocycles. The second-order valence-corrected chi connectivity index (χ2v) is 3.34. The Morgan fingerprint density at radius 1 is 1.60 bits per heavy atom. The van der Waals surface area contributed by atoms with Gasteiger partial charge in [-0.15, -0.1) is 0 Å². The van der Waals surface area contributed by atoms with Crippen LogP contribution in [0.4, 0.5) is 5.82 Å². The first-order valence-corrected chi connectivity index (χ1v) is 4.89. The molecule has 0 aliphatic rings. The molecule has 0 aliphatic carbocycles. The minimum Gasteiger partial charge on any atom is -0.480 e. The largest absolute Gasteiger partial charge is 0.480 e. The molecular weight excluding hydrogens is 194 g/mol. The monoisotopic (exact) mass is 209 g/mol. The van der Waals surface area contributed by atoms with Crippen LogP contribution >= 0.6 is 0 Å². The number of hydrogen-bond donors (Lipinski definition) is 1. The number of rotatable bonds is 5. The summed E-state index contributed by atoms with van der Waals surface area (Å²) < 4.78 is 0. The summed E-state index contributed by atoms with van der Waals surface area (Å²) in [4.78, 5) is 20.5. The van der Waals surface area contributed by atoms with Gasteiger partial charge in [0.05, 0.1) is 6.20 Å². The van der Waals surface area contributed by atoms with Crippen molar-refractivity contribution in [1.29, 1.82) is 0 Å². The van der Waals surface area contributed by atoms with Gasteiger partial charge in [-0.05, 0) is 13.3 Å². The molecule has 1 rings (SSSR count). The highest BCUT2D eigenvalue weighted by molar-refractivity contribution is 5.73. The molecule has 1 heterocycles. The van der Waals surface area contributed by atoms with Gasteiger partial charge in [-0.2, -0.15) is 0 Å². The van der Waals surface area contributed by atoms with Crippen LogP contribution in [0.5, 0.6) is 0 Å². The molecule has 5 heteroatoms. The summed E-state index contributed by atoms with van der Waals surface area (Å²) in [6.07, 6.45) is 5.57. The Morgan fingerprint density at radius 3 is 2.80 bits per heavy atom. The Balaban J connectivity index is 2.86. The third-order valence-electron chi connectivity index (χ3n) is 2.27. The van der Waals surface area contributed by atoms with Gasteiger partial charge in [0.15, 0.2) is 0 Å². The molecule has 1 aromatic heterocycles. The molecule has 0 aromatic carbocycles. The zero-order valence-electron chi connectivity index (χ0n) is 8.92. The number of carboxylic acids is 1. The smallest absolute Gasteiger partial charge is 0.323 e. The summed E-state index contributed by atoms with van der Waals surface area (Å²) >= 11 is 0. The predicted octanol–water partition coefficient (Wildman–Crippen LogP) is 1.17. The zero-order valence-corrected chi connectivity index (χ0v) is 8.92. The third-order valence-corrected chi connectivity index (χ3v) is 2.27. The lowest BCUT2D eigenvalue weighted by atomic mass is 10.2. The number of anilines is 1. The van der Waals surface area contributed by atoms with Crippen molar-refractivity contribution in [3.05, 3.63) is 18.6 Å². The van der Waals surface area contributed by atoms with Crippen LogP contribution in [0.2, 0.25) is 0 Å². The van der Waals surface area contributed by atoms with Crippen molar-refractivity contribution in [2.75, 3.05) is 11.4 Å². The highest BCUT2D eigenvalue weighted by Gasteiger charge is 2.16. The van der Waals surface area contributed by atoms with Crippen LogP contribution in [-0.2, 0) is 4.79 Å². The lowest BCUT2D eigenvalue weighted by Gasteiger charge is -2.27. The van der Waals surface area contributed by atoms with E-state index in [1.54, 1.807) is 23.5 Å². The first kappa shape index (κ1) is 11.4. The van der Waals surface area contributed by atoms with Crippen molar-refractivity contribution in [3.63, 3.8) is 0 Å². The van der Waals surface area contributed by atoms with Crippen LogP contribution in [-0.4, -0.2) is 33.6 Å². The van der Waals surface area contributed by atoms with Gasteiger partial charge >= 0.3 is 5.97 Å². The summed E-state index contributed by atoms with van der Waals surface area (Å²) in [6.45, 7) is 3.93. The van der Waals surface area contributed by atoms with Crippen molar-refractivity contribution in [1.82, 2.24) is 9.97 Å². The van der Waals surface area contributed by atoms with Gasteiger partial charge < -0.3 is 10.0 Å². The molecule has 1 aromatic rings. The van der Waals surface area contributed by atoms with E-state index in [0.717, 1.165) is 6.42 Å². The highest BCUT2D eigenvalue weighted by Crippen LogP contribution is 2.13. The Labute approximate surface area is 88.8 Å². The molecule has 0 saturated heterocycles. The van der Waals surface area contributed by atoms with E-state index >= 15 is 0 Å². The maximum atomic E-state index is 10.7. The standard InChI is InChI=1S/C10H15N3O2/c1-3-8(2)13(7-10(14)15)9-6-11-4-5-12-9/h4-6,8H,3,7H2,1-2H3,(H,14,15). The average molecular weight is 209 g/mol. The molecule has 0 radical (unpaired) electrons. The van der Waals surface area contributed by atoms with E-state index in [4.69, 9.17) is 5.11 Å². The van der Waals surface area contributed by atoms with Crippen molar-refractivity contribution in [2.45, 2.75) is 26.3 Å². The first-order chi connectivity index (χ1) is 7.15. The van der Waals surface area contributed by atoms with Gasteiger partial charge in [0, 0.05) is 18.4 Å². The minimum atomic E-state index is -0.860. The minimum absolute atomic E-state index is 0.0479. The van der Waals surface area contributed by atoms with E-state index in [1.807, 2.05) is 13.8 Å². The molecule has 5 nitrogen and oxygen atoms in total. The maximum absolute atomic E-state index is 10.7. The van der Waals surface area contributed by atoms with Gasteiger partial charge in [-0.1, -0.05) is 6.92 Å². The zero-order chi connectivity index (χ0) is 11.3. The molecule has 82 valence electrons. The lowest BCUT2D eigenvalue weighted by molar-refractivity contribution is -0.135. The van der Waals surface area contributed by atoms with Crippen molar-refractivity contribution < 1.29 is 9.90 Å². The van der Waals surface area contributed by atoms with Crippen molar-refractivity contribution >= 4 is 11.8 Å². The maximum Gasteiger partial charge on any atom is 0.323 e. The Kier molecular flexibility index (Phi) is 4.03. The SMILES string of the molecule is CCC(C)N(CC(=O)O)c1cnccn1. The number of aromatic nitrogens is 2. The fourth-order valence-electron chi connectivity index (χ4n) is 1.27. The van der Waals surface area contributed by atoms with Gasteiger partial charge in [0.25, 0.3) is 0 Å². The predicted molar refractivity (Wildman–Crippen MR) is 56.8 cm³/mol. The highest BCUT2D eigenvalue weighted by atomic mass is 16.4. The summed E-state index contributed by atoms with van der Waals surface area (Å²) in [5, 5.41) is 8.80. The summed E-state index contributed by atoms with van der Waals surface area (Å²) in [6, 6.07) is 0.137. The number of aliphatic carboxylic acids is 1. The van der Waals surface area contributed by atoms with Gasteiger partial charge in [-0.3, -0.25) is 9.78 Å². The van der Waals surface area contributed by atoms with E-state index in [0.29, 0.717) is 5.82 Å². The van der Waals surface area contributed by atoms with E-state index in [-0.39, 0.29) is 12.6 Å². The van der Waals surface area contributed by atoms with Gasteiger partial charge in [-0.25, -0.2) is 4.98 Å². The number of hydrogen-bond acceptors (Lipinski definition) is 4. The van der Waals surface area contributed by atoms with Crippen LogP contribution in [0.3, 0.4) is 0 Å². The van der Waals surface area contributed by atoms with Crippen LogP contribution < -0.4 is 4.90 Å². The van der Waals surface area contributed by atoms with Crippen LogP contribution in [0, 0.1) is 0 Å². The van der Waals surface area contributed by atoms with E-state index in [9.17, 15) is 4.79 Å². The fraction of sp³-hybridized carbons (Fsp3) is 0.500. The second kappa shape index (κ2) is 5.29. The lowest BCUT2D eigenvalue weighted by Crippen LogP contribution is -2.37. The third kappa shape index (κ3) is 3.19.